The Morgan fingerprint density at radius 1 is 1.29 bits per heavy atom. The number of aromatic nitrogens is 2. The molecule has 0 spiro atoms. The number of thiophene rings is 1. The van der Waals surface area contributed by atoms with Crippen LogP contribution in [0.3, 0.4) is 0 Å². The molecule has 1 N–H and O–H groups in total. The molecule has 2 heterocycles. The highest BCUT2D eigenvalue weighted by Gasteiger charge is 2.29. The molecule has 0 aliphatic rings. The van der Waals surface area contributed by atoms with Crippen molar-refractivity contribution >= 4 is 33.0 Å². The van der Waals surface area contributed by atoms with Crippen LogP contribution >= 0.6 is 11.3 Å². The molecule has 0 fully saturated rings. The Balaban J connectivity index is 1.70. The van der Waals surface area contributed by atoms with E-state index in [0.717, 1.165) is 21.0 Å². The van der Waals surface area contributed by atoms with E-state index in [2.05, 4.69) is 15.5 Å². The SMILES string of the molecule is Cc1ccc(N(C(C)C(=O)NCc2nc(-c3cccs3)no2)S(C)(=O)=O)cc1. The standard InChI is InChI=1S/C18H20N4O4S2/c1-12-6-8-14(9-7-12)22(28(3,24)25)13(2)18(23)19-11-16-20-17(21-26-16)15-5-4-10-27-15/h4-10,13H,11H2,1-3H3,(H,19,23). The van der Waals surface area contributed by atoms with Crippen LogP contribution in [0.4, 0.5) is 5.69 Å². The monoisotopic (exact) mass is 420 g/mol. The van der Waals surface area contributed by atoms with E-state index in [1.54, 1.807) is 24.3 Å². The van der Waals surface area contributed by atoms with Gasteiger partial charge in [-0.2, -0.15) is 4.98 Å². The number of sulfonamides is 1. The molecule has 3 rings (SSSR count). The Labute approximate surface area is 167 Å². The van der Waals surface area contributed by atoms with Gasteiger partial charge in [-0.05, 0) is 37.4 Å². The number of hydrogen-bond donors (Lipinski definition) is 1. The quantitative estimate of drug-likeness (QED) is 0.630. The predicted molar refractivity (Wildman–Crippen MR) is 107 cm³/mol. The summed E-state index contributed by atoms with van der Waals surface area (Å²) in [6.45, 7) is 3.44. The van der Waals surface area contributed by atoms with Gasteiger partial charge in [0.2, 0.25) is 27.6 Å². The van der Waals surface area contributed by atoms with Crippen LogP contribution in [-0.4, -0.2) is 36.8 Å². The van der Waals surface area contributed by atoms with Crippen molar-refractivity contribution in [3.05, 3.63) is 53.2 Å². The summed E-state index contributed by atoms with van der Waals surface area (Å²) in [5, 5.41) is 8.43. The average Bonchev–Trinajstić information content (AvgIpc) is 3.31. The second kappa shape index (κ2) is 8.11. The molecule has 1 atom stereocenters. The fourth-order valence-electron chi connectivity index (χ4n) is 2.64. The van der Waals surface area contributed by atoms with E-state index >= 15 is 0 Å². The largest absolute Gasteiger partial charge is 0.345 e. The smallest absolute Gasteiger partial charge is 0.246 e. The maximum absolute atomic E-state index is 12.6. The summed E-state index contributed by atoms with van der Waals surface area (Å²) in [5.74, 6) is 0.219. The lowest BCUT2D eigenvalue weighted by Crippen LogP contribution is -2.47. The minimum absolute atomic E-state index is 0.00699. The highest BCUT2D eigenvalue weighted by atomic mass is 32.2. The first-order valence-corrected chi connectivity index (χ1v) is 11.2. The fourth-order valence-corrected chi connectivity index (χ4v) is 4.47. The molecule has 10 heteroatoms. The van der Waals surface area contributed by atoms with Crippen LogP contribution in [0.5, 0.6) is 0 Å². The zero-order chi connectivity index (χ0) is 20.3. The molecule has 0 radical (unpaired) electrons. The van der Waals surface area contributed by atoms with Crippen LogP contribution in [0.15, 0.2) is 46.3 Å². The van der Waals surface area contributed by atoms with E-state index < -0.39 is 22.0 Å². The number of carbonyl (C=O) groups is 1. The molecular formula is C18H20N4O4S2. The molecule has 8 nitrogen and oxygen atoms in total. The third kappa shape index (κ3) is 4.57. The number of amides is 1. The van der Waals surface area contributed by atoms with Gasteiger partial charge in [-0.3, -0.25) is 9.10 Å². The first-order valence-electron chi connectivity index (χ1n) is 8.46. The normalized spacial score (nSPS) is 12.5. The molecule has 1 aromatic carbocycles. The number of rotatable bonds is 7. The molecule has 3 aromatic rings. The van der Waals surface area contributed by atoms with Gasteiger partial charge >= 0.3 is 0 Å². The van der Waals surface area contributed by atoms with E-state index in [-0.39, 0.29) is 12.4 Å². The zero-order valence-corrected chi connectivity index (χ0v) is 17.3. The van der Waals surface area contributed by atoms with Crippen molar-refractivity contribution in [2.45, 2.75) is 26.4 Å². The lowest BCUT2D eigenvalue weighted by atomic mass is 10.2. The number of aryl methyl sites for hydroxylation is 1. The van der Waals surface area contributed by atoms with Crippen molar-refractivity contribution < 1.29 is 17.7 Å². The van der Waals surface area contributed by atoms with E-state index in [4.69, 9.17) is 4.52 Å². The van der Waals surface area contributed by atoms with Gasteiger partial charge in [0.25, 0.3) is 0 Å². The summed E-state index contributed by atoms with van der Waals surface area (Å²) in [7, 11) is -3.66. The van der Waals surface area contributed by atoms with Crippen molar-refractivity contribution in [3.8, 4) is 10.7 Å². The molecule has 2 aromatic heterocycles. The number of carbonyl (C=O) groups excluding carboxylic acids is 1. The number of anilines is 1. The van der Waals surface area contributed by atoms with Gasteiger partial charge in [-0.15, -0.1) is 11.3 Å². The van der Waals surface area contributed by atoms with E-state index in [1.165, 1.54) is 18.3 Å². The van der Waals surface area contributed by atoms with E-state index in [0.29, 0.717) is 11.5 Å². The Morgan fingerprint density at radius 3 is 2.61 bits per heavy atom. The first kappa shape index (κ1) is 20.0. The van der Waals surface area contributed by atoms with E-state index in [1.807, 2.05) is 24.4 Å². The molecule has 0 saturated carbocycles. The van der Waals surface area contributed by atoms with Gasteiger partial charge < -0.3 is 9.84 Å². The summed E-state index contributed by atoms with van der Waals surface area (Å²) in [6.07, 6.45) is 1.07. The molecule has 0 saturated heterocycles. The van der Waals surface area contributed by atoms with Crippen molar-refractivity contribution in [3.63, 3.8) is 0 Å². The van der Waals surface area contributed by atoms with Crippen LogP contribution in [-0.2, 0) is 21.4 Å². The second-order valence-electron chi connectivity index (χ2n) is 6.28. The lowest BCUT2D eigenvalue weighted by Gasteiger charge is -2.28. The Hall–Kier alpha value is -2.72. The van der Waals surface area contributed by atoms with Crippen LogP contribution < -0.4 is 9.62 Å². The summed E-state index contributed by atoms with van der Waals surface area (Å²) in [6, 6.07) is 9.73. The van der Waals surface area contributed by atoms with Crippen LogP contribution in [0.1, 0.15) is 18.4 Å². The van der Waals surface area contributed by atoms with Gasteiger partial charge in [0.05, 0.1) is 23.4 Å². The first-order chi connectivity index (χ1) is 13.3. The molecule has 0 aliphatic heterocycles. The minimum atomic E-state index is -3.66. The highest BCUT2D eigenvalue weighted by molar-refractivity contribution is 7.92. The van der Waals surface area contributed by atoms with Crippen LogP contribution in [0, 0.1) is 6.92 Å². The molecule has 1 amide bonds. The van der Waals surface area contributed by atoms with Crippen molar-refractivity contribution in [2.24, 2.45) is 0 Å². The minimum Gasteiger partial charge on any atom is -0.345 e. The van der Waals surface area contributed by atoms with Crippen molar-refractivity contribution in [2.75, 3.05) is 10.6 Å². The van der Waals surface area contributed by atoms with Gasteiger partial charge in [0.1, 0.15) is 6.04 Å². The molecule has 148 valence electrons. The van der Waals surface area contributed by atoms with E-state index in [9.17, 15) is 13.2 Å². The number of nitrogens with one attached hydrogen (secondary N) is 1. The van der Waals surface area contributed by atoms with Crippen LogP contribution in [0.2, 0.25) is 0 Å². The molecular weight excluding hydrogens is 400 g/mol. The molecule has 28 heavy (non-hydrogen) atoms. The maximum Gasteiger partial charge on any atom is 0.246 e. The molecule has 0 bridgehead atoms. The second-order valence-corrected chi connectivity index (χ2v) is 9.08. The summed E-state index contributed by atoms with van der Waals surface area (Å²) in [5.41, 5.74) is 1.42. The fraction of sp³-hybridized carbons (Fsp3) is 0.278. The summed E-state index contributed by atoms with van der Waals surface area (Å²) in [4.78, 5) is 17.7. The third-order valence-corrected chi connectivity index (χ3v) is 6.11. The Bertz CT molecular complexity index is 1040. The molecule has 0 aliphatic carbocycles. The summed E-state index contributed by atoms with van der Waals surface area (Å²) < 4.78 is 30.8. The summed E-state index contributed by atoms with van der Waals surface area (Å²) >= 11 is 1.48. The van der Waals surface area contributed by atoms with Gasteiger partial charge in [-0.1, -0.05) is 28.9 Å². The predicted octanol–water partition coefficient (Wildman–Crippen LogP) is 2.58. The Morgan fingerprint density at radius 2 is 2.00 bits per heavy atom. The van der Waals surface area contributed by atoms with Gasteiger partial charge in [0.15, 0.2) is 0 Å². The van der Waals surface area contributed by atoms with Crippen LogP contribution in [0.25, 0.3) is 10.7 Å². The topological polar surface area (TPSA) is 105 Å². The highest BCUT2D eigenvalue weighted by Crippen LogP contribution is 2.22. The van der Waals surface area contributed by atoms with Crippen molar-refractivity contribution in [1.82, 2.24) is 15.5 Å². The molecule has 1 unspecified atom stereocenters. The third-order valence-electron chi connectivity index (χ3n) is 4.00. The number of hydrogen-bond acceptors (Lipinski definition) is 7. The number of nitrogens with zero attached hydrogens (tertiary/aromatic N) is 3. The van der Waals surface area contributed by atoms with Crippen molar-refractivity contribution in [1.29, 1.82) is 0 Å². The number of benzene rings is 1. The van der Waals surface area contributed by atoms with Gasteiger partial charge in [0, 0.05) is 0 Å². The maximum atomic E-state index is 12.6. The Kier molecular flexibility index (Phi) is 5.80. The van der Waals surface area contributed by atoms with Gasteiger partial charge in [-0.25, -0.2) is 8.42 Å². The lowest BCUT2D eigenvalue weighted by molar-refractivity contribution is -0.122. The zero-order valence-electron chi connectivity index (χ0n) is 15.6. The average molecular weight is 421 g/mol.